The SMILES string of the molecule is CCC(Sc1nc2c(cc1C#N)CCC2)C(=O)NC(C)c1ccccc1. The van der Waals surface area contributed by atoms with Crippen molar-refractivity contribution in [1.82, 2.24) is 10.3 Å². The second-order valence-electron chi connectivity index (χ2n) is 6.57. The summed E-state index contributed by atoms with van der Waals surface area (Å²) >= 11 is 1.41. The number of rotatable bonds is 6. The normalized spacial score (nSPS) is 15.0. The Bertz CT molecular complexity index is 829. The first kappa shape index (κ1) is 18.5. The summed E-state index contributed by atoms with van der Waals surface area (Å²) in [5, 5.41) is 13.0. The third kappa shape index (κ3) is 4.08. The highest BCUT2D eigenvalue weighted by Crippen LogP contribution is 2.31. The van der Waals surface area contributed by atoms with Crippen molar-refractivity contribution in [2.45, 2.75) is 55.8 Å². The minimum atomic E-state index is -0.264. The molecule has 4 nitrogen and oxygen atoms in total. The Morgan fingerprint density at radius 2 is 2.12 bits per heavy atom. The minimum absolute atomic E-state index is 0.0139. The van der Waals surface area contributed by atoms with Gasteiger partial charge < -0.3 is 5.32 Å². The zero-order valence-electron chi connectivity index (χ0n) is 15.2. The van der Waals surface area contributed by atoms with E-state index in [1.165, 1.54) is 17.3 Å². The Kier molecular flexibility index (Phi) is 5.95. The molecular formula is C21H23N3OS. The summed E-state index contributed by atoms with van der Waals surface area (Å²) in [5.74, 6) is -0.0139. The molecule has 0 radical (unpaired) electrons. The van der Waals surface area contributed by atoms with Crippen LogP contribution in [0, 0.1) is 11.3 Å². The van der Waals surface area contributed by atoms with E-state index in [0.29, 0.717) is 17.0 Å². The second kappa shape index (κ2) is 8.37. The van der Waals surface area contributed by atoms with Gasteiger partial charge in [0.05, 0.1) is 16.9 Å². The van der Waals surface area contributed by atoms with Crippen LogP contribution >= 0.6 is 11.8 Å². The van der Waals surface area contributed by atoms with Gasteiger partial charge in [0.15, 0.2) is 0 Å². The zero-order chi connectivity index (χ0) is 18.5. The topological polar surface area (TPSA) is 65.8 Å². The molecule has 1 heterocycles. The fraction of sp³-hybridized carbons (Fsp3) is 0.381. The van der Waals surface area contributed by atoms with Gasteiger partial charge in [0.1, 0.15) is 11.1 Å². The Balaban J connectivity index is 1.73. The Hall–Kier alpha value is -2.32. The molecule has 0 spiro atoms. The molecule has 134 valence electrons. The largest absolute Gasteiger partial charge is 0.349 e. The highest BCUT2D eigenvalue weighted by atomic mass is 32.2. The number of benzene rings is 1. The molecule has 2 unspecified atom stereocenters. The first-order chi connectivity index (χ1) is 12.6. The van der Waals surface area contributed by atoms with Crippen molar-refractivity contribution in [3.05, 3.63) is 58.8 Å². The molecule has 1 N–H and O–H groups in total. The molecule has 1 aliphatic carbocycles. The molecule has 26 heavy (non-hydrogen) atoms. The van der Waals surface area contributed by atoms with Gasteiger partial charge in [-0.05, 0) is 49.8 Å². The monoisotopic (exact) mass is 365 g/mol. The number of aryl methyl sites for hydroxylation is 2. The number of hydrogen-bond donors (Lipinski definition) is 1. The summed E-state index contributed by atoms with van der Waals surface area (Å²) in [4.78, 5) is 17.4. The van der Waals surface area contributed by atoms with E-state index in [-0.39, 0.29) is 17.2 Å². The number of carbonyl (C=O) groups is 1. The van der Waals surface area contributed by atoms with Gasteiger partial charge in [-0.2, -0.15) is 5.26 Å². The maximum absolute atomic E-state index is 12.8. The van der Waals surface area contributed by atoms with Crippen LogP contribution in [0.5, 0.6) is 0 Å². The predicted octanol–water partition coefficient (Wildman–Crippen LogP) is 4.19. The van der Waals surface area contributed by atoms with E-state index >= 15 is 0 Å². The van der Waals surface area contributed by atoms with E-state index in [0.717, 1.165) is 30.5 Å². The van der Waals surface area contributed by atoms with E-state index in [1.54, 1.807) is 0 Å². The summed E-state index contributed by atoms with van der Waals surface area (Å²) in [5.41, 5.74) is 3.92. The molecule has 1 amide bonds. The van der Waals surface area contributed by atoms with Crippen LogP contribution in [-0.2, 0) is 17.6 Å². The number of pyridine rings is 1. The van der Waals surface area contributed by atoms with Gasteiger partial charge in [-0.25, -0.2) is 4.98 Å². The van der Waals surface area contributed by atoms with Crippen molar-refractivity contribution < 1.29 is 4.79 Å². The van der Waals surface area contributed by atoms with Crippen LogP contribution in [0.4, 0.5) is 0 Å². The minimum Gasteiger partial charge on any atom is -0.349 e. The number of hydrogen-bond acceptors (Lipinski definition) is 4. The maximum atomic E-state index is 12.8. The maximum Gasteiger partial charge on any atom is 0.234 e. The molecule has 1 aromatic heterocycles. The summed E-state index contributed by atoms with van der Waals surface area (Å²) in [6, 6.07) is 14.1. The van der Waals surface area contributed by atoms with E-state index in [9.17, 15) is 10.1 Å². The van der Waals surface area contributed by atoms with Crippen molar-refractivity contribution >= 4 is 17.7 Å². The lowest BCUT2D eigenvalue weighted by Crippen LogP contribution is -2.34. The predicted molar refractivity (Wildman–Crippen MR) is 104 cm³/mol. The number of fused-ring (bicyclic) bond motifs is 1. The average Bonchev–Trinajstić information content (AvgIpc) is 3.13. The van der Waals surface area contributed by atoms with Gasteiger partial charge in [0.25, 0.3) is 0 Å². The van der Waals surface area contributed by atoms with Crippen LogP contribution in [-0.4, -0.2) is 16.1 Å². The molecule has 0 saturated carbocycles. The smallest absolute Gasteiger partial charge is 0.234 e. The Morgan fingerprint density at radius 3 is 2.81 bits per heavy atom. The molecule has 5 heteroatoms. The van der Waals surface area contributed by atoms with Crippen LogP contribution in [0.15, 0.2) is 41.4 Å². The summed E-state index contributed by atoms with van der Waals surface area (Å²) in [6.07, 6.45) is 3.73. The van der Waals surface area contributed by atoms with E-state index in [1.807, 2.05) is 50.2 Å². The van der Waals surface area contributed by atoms with Crippen LogP contribution in [0.3, 0.4) is 0 Å². The van der Waals surface area contributed by atoms with Crippen LogP contribution in [0.2, 0.25) is 0 Å². The van der Waals surface area contributed by atoms with E-state index in [4.69, 9.17) is 4.98 Å². The molecule has 0 aliphatic heterocycles. The lowest BCUT2D eigenvalue weighted by molar-refractivity contribution is -0.121. The van der Waals surface area contributed by atoms with E-state index < -0.39 is 0 Å². The number of nitrogens with one attached hydrogen (secondary N) is 1. The first-order valence-corrected chi connectivity index (χ1v) is 9.95. The van der Waals surface area contributed by atoms with Gasteiger partial charge >= 0.3 is 0 Å². The molecule has 1 aliphatic rings. The number of nitrogens with zero attached hydrogens (tertiary/aromatic N) is 2. The quantitative estimate of drug-likeness (QED) is 0.780. The summed E-state index contributed by atoms with van der Waals surface area (Å²) in [6.45, 7) is 3.98. The van der Waals surface area contributed by atoms with Gasteiger partial charge in [-0.15, -0.1) is 0 Å². The second-order valence-corrected chi connectivity index (χ2v) is 7.76. The lowest BCUT2D eigenvalue weighted by atomic mass is 10.1. The molecule has 1 aromatic carbocycles. The third-order valence-electron chi connectivity index (χ3n) is 4.71. The van der Waals surface area contributed by atoms with Crippen LogP contribution < -0.4 is 5.32 Å². The number of thioether (sulfide) groups is 1. The van der Waals surface area contributed by atoms with Gasteiger partial charge in [-0.3, -0.25) is 4.79 Å². The number of amides is 1. The van der Waals surface area contributed by atoms with Gasteiger partial charge in [0, 0.05) is 5.69 Å². The summed E-state index contributed by atoms with van der Waals surface area (Å²) < 4.78 is 0. The lowest BCUT2D eigenvalue weighted by Gasteiger charge is -2.19. The molecular weight excluding hydrogens is 342 g/mol. The molecule has 2 aromatic rings. The Morgan fingerprint density at radius 1 is 1.35 bits per heavy atom. The standard InChI is InChI=1S/C21H23N3OS/c1-3-19(20(25)23-14(2)15-8-5-4-6-9-15)26-21-17(13-22)12-16-10-7-11-18(16)24-21/h4-6,8-9,12,14,19H,3,7,10-11H2,1-2H3,(H,23,25). The van der Waals surface area contributed by atoms with Crippen molar-refractivity contribution in [3.8, 4) is 6.07 Å². The molecule has 3 rings (SSSR count). The fourth-order valence-corrected chi connectivity index (χ4v) is 4.22. The fourth-order valence-electron chi connectivity index (χ4n) is 3.21. The van der Waals surface area contributed by atoms with E-state index in [2.05, 4.69) is 11.4 Å². The first-order valence-electron chi connectivity index (χ1n) is 9.07. The average molecular weight is 366 g/mol. The third-order valence-corrected chi connectivity index (χ3v) is 6.08. The molecule has 0 bridgehead atoms. The number of carbonyl (C=O) groups excluding carboxylic acids is 1. The number of aromatic nitrogens is 1. The highest BCUT2D eigenvalue weighted by Gasteiger charge is 2.24. The van der Waals surface area contributed by atoms with Crippen LogP contribution in [0.1, 0.15) is 55.1 Å². The molecule has 0 saturated heterocycles. The van der Waals surface area contributed by atoms with Gasteiger partial charge in [-0.1, -0.05) is 49.0 Å². The molecule has 0 fully saturated rings. The number of nitriles is 1. The molecule has 2 atom stereocenters. The zero-order valence-corrected chi connectivity index (χ0v) is 16.0. The van der Waals surface area contributed by atoms with Gasteiger partial charge in [0.2, 0.25) is 5.91 Å². The van der Waals surface area contributed by atoms with Crippen molar-refractivity contribution in [2.75, 3.05) is 0 Å². The van der Waals surface area contributed by atoms with Crippen molar-refractivity contribution in [2.24, 2.45) is 0 Å². The Labute approximate surface area is 159 Å². The van der Waals surface area contributed by atoms with Crippen molar-refractivity contribution in [3.63, 3.8) is 0 Å². The highest BCUT2D eigenvalue weighted by molar-refractivity contribution is 8.00. The summed E-state index contributed by atoms with van der Waals surface area (Å²) in [7, 11) is 0. The van der Waals surface area contributed by atoms with Crippen molar-refractivity contribution in [1.29, 1.82) is 5.26 Å². The van der Waals surface area contributed by atoms with Crippen LogP contribution in [0.25, 0.3) is 0 Å².